The molecule has 1 amide bonds. The maximum absolute atomic E-state index is 11.7. The number of amides is 1. The molecule has 0 spiro atoms. The normalized spacial score (nSPS) is 14.3. The molecule has 0 bridgehead atoms. The summed E-state index contributed by atoms with van der Waals surface area (Å²) in [5, 5.41) is 2.87. The molecule has 5 nitrogen and oxygen atoms in total. The first kappa shape index (κ1) is 14.4. The van der Waals surface area contributed by atoms with E-state index in [4.69, 9.17) is 4.74 Å². The van der Waals surface area contributed by atoms with Crippen LogP contribution in [-0.2, 0) is 11.3 Å². The fourth-order valence-electron chi connectivity index (χ4n) is 2.34. The second kappa shape index (κ2) is 6.47. The van der Waals surface area contributed by atoms with Crippen LogP contribution in [0, 0.1) is 6.92 Å². The van der Waals surface area contributed by atoms with Crippen LogP contribution in [0.4, 0.5) is 10.6 Å². The quantitative estimate of drug-likeness (QED) is 0.942. The number of hydrogen-bond acceptors (Lipinski definition) is 4. The van der Waals surface area contributed by atoms with Gasteiger partial charge < -0.3 is 15.0 Å². The molecular formula is C17H19N3O2. The third-order valence-electron chi connectivity index (χ3n) is 3.64. The van der Waals surface area contributed by atoms with Crippen LogP contribution in [-0.4, -0.2) is 30.2 Å². The SMILES string of the molecule is Cc1ccc(N2CC(NC(=O)OCc3ccccc3)C2)nc1. The molecule has 0 radical (unpaired) electrons. The summed E-state index contributed by atoms with van der Waals surface area (Å²) in [7, 11) is 0. The Morgan fingerprint density at radius 1 is 1.27 bits per heavy atom. The second-order valence-corrected chi connectivity index (χ2v) is 5.50. The van der Waals surface area contributed by atoms with Gasteiger partial charge in [0.05, 0.1) is 6.04 Å². The monoisotopic (exact) mass is 297 g/mol. The number of alkyl carbamates (subject to hydrolysis) is 1. The molecule has 1 aliphatic rings. The standard InChI is InChI=1S/C17H19N3O2/c1-13-7-8-16(18-9-13)20-10-15(11-20)19-17(21)22-12-14-5-3-2-4-6-14/h2-9,15H,10-12H2,1H3,(H,19,21). The van der Waals surface area contributed by atoms with E-state index in [1.54, 1.807) is 0 Å². The Balaban J connectivity index is 1.40. The van der Waals surface area contributed by atoms with Crippen LogP contribution in [0.15, 0.2) is 48.7 Å². The van der Waals surface area contributed by atoms with E-state index in [1.165, 1.54) is 0 Å². The van der Waals surface area contributed by atoms with E-state index in [2.05, 4.69) is 15.2 Å². The van der Waals surface area contributed by atoms with Crippen molar-refractivity contribution < 1.29 is 9.53 Å². The second-order valence-electron chi connectivity index (χ2n) is 5.50. The van der Waals surface area contributed by atoms with Crippen molar-refractivity contribution in [2.24, 2.45) is 0 Å². The van der Waals surface area contributed by atoms with E-state index in [0.717, 1.165) is 30.0 Å². The van der Waals surface area contributed by atoms with Gasteiger partial charge in [0.2, 0.25) is 0 Å². The van der Waals surface area contributed by atoms with E-state index >= 15 is 0 Å². The average Bonchev–Trinajstić information content (AvgIpc) is 2.51. The summed E-state index contributed by atoms with van der Waals surface area (Å²) in [4.78, 5) is 18.2. The molecule has 1 aromatic carbocycles. The Kier molecular flexibility index (Phi) is 4.23. The first-order valence-corrected chi connectivity index (χ1v) is 7.35. The van der Waals surface area contributed by atoms with Crippen LogP contribution >= 0.6 is 0 Å². The Hall–Kier alpha value is -2.56. The molecule has 3 rings (SSSR count). The van der Waals surface area contributed by atoms with Crippen LogP contribution in [0.5, 0.6) is 0 Å². The van der Waals surface area contributed by atoms with Crippen LogP contribution in [0.3, 0.4) is 0 Å². The Morgan fingerprint density at radius 3 is 2.73 bits per heavy atom. The molecule has 0 atom stereocenters. The van der Waals surface area contributed by atoms with Gasteiger partial charge in [-0.1, -0.05) is 36.4 Å². The third kappa shape index (κ3) is 3.55. The summed E-state index contributed by atoms with van der Waals surface area (Å²) < 4.78 is 5.21. The molecule has 2 heterocycles. The van der Waals surface area contributed by atoms with Gasteiger partial charge in [-0.05, 0) is 24.1 Å². The summed E-state index contributed by atoms with van der Waals surface area (Å²) in [6.45, 7) is 3.83. The highest BCUT2D eigenvalue weighted by Crippen LogP contribution is 2.18. The van der Waals surface area contributed by atoms with Gasteiger partial charge in [0, 0.05) is 19.3 Å². The van der Waals surface area contributed by atoms with E-state index < -0.39 is 0 Å². The van der Waals surface area contributed by atoms with Crippen molar-refractivity contribution in [2.45, 2.75) is 19.6 Å². The fourth-order valence-corrected chi connectivity index (χ4v) is 2.34. The Bertz CT molecular complexity index is 622. The van der Waals surface area contributed by atoms with Crippen LogP contribution in [0.25, 0.3) is 0 Å². The molecule has 22 heavy (non-hydrogen) atoms. The van der Waals surface area contributed by atoms with Gasteiger partial charge in [-0.25, -0.2) is 9.78 Å². The number of aryl methyl sites for hydroxylation is 1. The number of hydrogen-bond donors (Lipinski definition) is 1. The van der Waals surface area contributed by atoms with Gasteiger partial charge in [0.25, 0.3) is 0 Å². The molecule has 1 fully saturated rings. The number of aromatic nitrogens is 1. The number of rotatable bonds is 4. The fraction of sp³-hybridized carbons (Fsp3) is 0.294. The van der Waals surface area contributed by atoms with E-state index in [-0.39, 0.29) is 12.1 Å². The van der Waals surface area contributed by atoms with Crippen LogP contribution in [0.2, 0.25) is 0 Å². The summed E-state index contributed by atoms with van der Waals surface area (Å²) in [6, 6.07) is 13.8. The van der Waals surface area contributed by atoms with Crippen molar-refractivity contribution in [2.75, 3.05) is 18.0 Å². The number of carbonyl (C=O) groups is 1. The maximum Gasteiger partial charge on any atom is 0.407 e. The molecular weight excluding hydrogens is 278 g/mol. The van der Waals surface area contributed by atoms with Crippen molar-refractivity contribution >= 4 is 11.9 Å². The topological polar surface area (TPSA) is 54.5 Å². The highest BCUT2D eigenvalue weighted by molar-refractivity contribution is 5.68. The lowest BCUT2D eigenvalue weighted by atomic mass is 10.1. The lowest BCUT2D eigenvalue weighted by Crippen LogP contribution is -2.59. The minimum absolute atomic E-state index is 0.117. The molecule has 114 valence electrons. The lowest BCUT2D eigenvalue weighted by molar-refractivity contribution is 0.133. The smallest absolute Gasteiger partial charge is 0.407 e. The number of pyridine rings is 1. The lowest BCUT2D eigenvalue weighted by Gasteiger charge is -2.40. The van der Waals surface area contributed by atoms with Gasteiger partial charge in [-0.2, -0.15) is 0 Å². The number of carbonyl (C=O) groups excluding carboxylic acids is 1. The molecule has 1 N–H and O–H groups in total. The number of benzene rings is 1. The first-order chi connectivity index (χ1) is 10.7. The molecule has 1 aliphatic heterocycles. The van der Waals surface area contributed by atoms with Gasteiger partial charge in [0.1, 0.15) is 12.4 Å². The van der Waals surface area contributed by atoms with Crippen molar-refractivity contribution in [3.05, 3.63) is 59.8 Å². The minimum Gasteiger partial charge on any atom is -0.445 e. The molecule has 2 aromatic rings. The van der Waals surface area contributed by atoms with Gasteiger partial charge in [0.15, 0.2) is 0 Å². The summed E-state index contributed by atoms with van der Waals surface area (Å²) in [5.41, 5.74) is 2.13. The zero-order valence-electron chi connectivity index (χ0n) is 12.5. The van der Waals surface area contributed by atoms with Crippen molar-refractivity contribution in [3.63, 3.8) is 0 Å². The predicted octanol–water partition coefficient (Wildman–Crippen LogP) is 2.51. The molecule has 0 unspecified atom stereocenters. The minimum atomic E-state index is -0.370. The number of ether oxygens (including phenoxy) is 1. The maximum atomic E-state index is 11.7. The first-order valence-electron chi connectivity index (χ1n) is 7.35. The molecule has 0 aliphatic carbocycles. The zero-order chi connectivity index (χ0) is 15.4. The van der Waals surface area contributed by atoms with Crippen molar-refractivity contribution in [3.8, 4) is 0 Å². The Labute approximate surface area is 129 Å². The highest BCUT2D eigenvalue weighted by atomic mass is 16.5. The van der Waals surface area contributed by atoms with Crippen LogP contribution < -0.4 is 10.2 Å². The summed E-state index contributed by atoms with van der Waals surface area (Å²) in [5.74, 6) is 0.946. The van der Waals surface area contributed by atoms with Crippen LogP contribution in [0.1, 0.15) is 11.1 Å². The zero-order valence-corrected chi connectivity index (χ0v) is 12.5. The summed E-state index contributed by atoms with van der Waals surface area (Å²) >= 11 is 0. The van der Waals surface area contributed by atoms with E-state index in [1.807, 2.05) is 55.6 Å². The Morgan fingerprint density at radius 2 is 2.05 bits per heavy atom. The van der Waals surface area contributed by atoms with Crippen molar-refractivity contribution in [1.82, 2.24) is 10.3 Å². The molecule has 0 saturated carbocycles. The third-order valence-corrected chi connectivity index (χ3v) is 3.64. The predicted molar refractivity (Wildman–Crippen MR) is 84.7 cm³/mol. The van der Waals surface area contributed by atoms with Crippen molar-refractivity contribution in [1.29, 1.82) is 0 Å². The van der Waals surface area contributed by atoms with E-state index in [9.17, 15) is 4.79 Å². The number of nitrogens with zero attached hydrogens (tertiary/aromatic N) is 2. The molecule has 1 aromatic heterocycles. The largest absolute Gasteiger partial charge is 0.445 e. The highest BCUT2D eigenvalue weighted by Gasteiger charge is 2.29. The molecule has 5 heteroatoms. The van der Waals surface area contributed by atoms with E-state index in [0.29, 0.717) is 6.61 Å². The average molecular weight is 297 g/mol. The van der Waals surface area contributed by atoms with Gasteiger partial charge in [-0.15, -0.1) is 0 Å². The number of nitrogens with one attached hydrogen (secondary N) is 1. The van der Waals surface area contributed by atoms with Gasteiger partial charge >= 0.3 is 6.09 Å². The summed E-state index contributed by atoms with van der Waals surface area (Å²) in [6.07, 6.45) is 1.48. The number of anilines is 1. The molecule has 1 saturated heterocycles. The van der Waals surface area contributed by atoms with Gasteiger partial charge in [-0.3, -0.25) is 0 Å².